The van der Waals surface area contributed by atoms with Crippen molar-refractivity contribution < 1.29 is 4.74 Å². The van der Waals surface area contributed by atoms with E-state index in [9.17, 15) is 0 Å². The summed E-state index contributed by atoms with van der Waals surface area (Å²) in [6, 6.07) is 1.17. The number of guanidine groups is 1. The second kappa shape index (κ2) is 7.64. The molecule has 2 bridgehead atoms. The molecule has 5 nitrogen and oxygen atoms in total. The zero-order valence-corrected chi connectivity index (χ0v) is 14.2. The molecular formula is C17H32N4O. The van der Waals surface area contributed by atoms with E-state index in [0.29, 0.717) is 18.2 Å². The van der Waals surface area contributed by atoms with Crippen molar-refractivity contribution in [1.29, 1.82) is 0 Å². The molecule has 3 heterocycles. The molecule has 0 aromatic carbocycles. The van der Waals surface area contributed by atoms with Crippen LogP contribution in [0.1, 0.15) is 52.4 Å². The molecule has 5 heteroatoms. The van der Waals surface area contributed by atoms with E-state index in [-0.39, 0.29) is 0 Å². The molecule has 0 aliphatic carbocycles. The number of hydrogen-bond donors (Lipinski definition) is 2. The Kier molecular flexibility index (Phi) is 5.58. The van der Waals surface area contributed by atoms with Gasteiger partial charge in [0, 0.05) is 19.1 Å². The summed E-state index contributed by atoms with van der Waals surface area (Å²) in [5.41, 5.74) is 0. The second-order valence-electron chi connectivity index (χ2n) is 7.00. The summed E-state index contributed by atoms with van der Waals surface area (Å²) in [6.07, 6.45) is 8.53. The van der Waals surface area contributed by atoms with Crippen LogP contribution in [0.4, 0.5) is 0 Å². The third-order valence-corrected chi connectivity index (χ3v) is 5.37. The first kappa shape index (κ1) is 16.1. The fourth-order valence-electron chi connectivity index (χ4n) is 4.07. The van der Waals surface area contributed by atoms with Crippen LogP contribution in [0.25, 0.3) is 0 Å². The number of rotatable bonds is 5. The van der Waals surface area contributed by atoms with Crippen molar-refractivity contribution in [3.8, 4) is 0 Å². The molecule has 3 aliphatic heterocycles. The molecule has 0 radical (unpaired) electrons. The molecule has 4 atom stereocenters. The Balaban J connectivity index is 1.47. The Bertz CT molecular complexity index is 387. The summed E-state index contributed by atoms with van der Waals surface area (Å²) in [5.74, 6) is 0.966. The molecule has 126 valence electrons. The molecule has 0 saturated carbocycles. The van der Waals surface area contributed by atoms with E-state index >= 15 is 0 Å². The highest BCUT2D eigenvalue weighted by Gasteiger charge is 2.41. The number of fused-ring (bicyclic) bond motifs is 2. The van der Waals surface area contributed by atoms with Crippen LogP contribution < -0.4 is 10.6 Å². The van der Waals surface area contributed by atoms with Gasteiger partial charge >= 0.3 is 0 Å². The number of piperidine rings is 1. The van der Waals surface area contributed by atoms with E-state index in [1.807, 2.05) is 0 Å². The van der Waals surface area contributed by atoms with E-state index in [1.54, 1.807) is 0 Å². The maximum atomic E-state index is 5.92. The predicted molar refractivity (Wildman–Crippen MR) is 90.3 cm³/mol. The van der Waals surface area contributed by atoms with Gasteiger partial charge in [-0.25, -0.2) is 0 Å². The lowest BCUT2D eigenvalue weighted by molar-refractivity contribution is 0.0992. The van der Waals surface area contributed by atoms with Crippen LogP contribution in [0.3, 0.4) is 0 Å². The van der Waals surface area contributed by atoms with Crippen molar-refractivity contribution in [2.45, 2.75) is 76.7 Å². The van der Waals surface area contributed by atoms with Gasteiger partial charge in [-0.05, 0) is 52.5 Å². The molecule has 4 unspecified atom stereocenters. The zero-order chi connectivity index (χ0) is 15.4. The minimum atomic E-state index is 0.399. The van der Waals surface area contributed by atoms with Crippen LogP contribution in [-0.2, 0) is 4.74 Å². The maximum absolute atomic E-state index is 5.92. The molecule has 0 amide bonds. The topological polar surface area (TPSA) is 48.9 Å². The minimum absolute atomic E-state index is 0.399. The van der Waals surface area contributed by atoms with Gasteiger partial charge in [0.05, 0.1) is 24.8 Å². The molecule has 0 spiro atoms. The molecule has 3 aliphatic rings. The second-order valence-corrected chi connectivity index (χ2v) is 7.00. The molecule has 22 heavy (non-hydrogen) atoms. The van der Waals surface area contributed by atoms with E-state index < -0.39 is 0 Å². The first-order valence-electron chi connectivity index (χ1n) is 9.20. The number of ether oxygens (including phenoxy) is 1. The van der Waals surface area contributed by atoms with Crippen molar-refractivity contribution in [2.75, 3.05) is 26.2 Å². The predicted octanol–water partition coefficient (Wildman–Crippen LogP) is 1.74. The van der Waals surface area contributed by atoms with Gasteiger partial charge in [0.2, 0.25) is 0 Å². The summed E-state index contributed by atoms with van der Waals surface area (Å²) >= 11 is 0. The van der Waals surface area contributed by atoms with Gasteiger partial charge in [-0.3, -0.25) is 9.89 Å². The molecule has 3 fully saturated rings. The minimum Gasteiger partial charge on any atom is -0.373 e. The standard InChI is InChI=1S/C17H32N4O/c1-3-18-17(20-15-12-14-7-8-16(15)22-14)19-9-11-21-10-5-4-6-13(21)2/h13-16H,3-12H2,1-2H3,(H2,18,19,20). The highest BCUT2D eigenvalue weighted by molar-refractivity contribution is 5.80. The van der Waals surface area contributed by atoms with Crippen molar-refractivity contribution in [3.63, 3.8) is 0 Å². The molecule has 0 aromatic rings. The monoisotopic (exact) mass is 308 g/mol. The molecular weight excluding hydrogens is 276 g/mol. The lowest BCUT2D eigenvalue weighted by atomic mass is 9.96. The van der Waals surface area contributed by atoms with Crippen LogP contribution in [0.2, 0.25) is 0 Å². The third-order valence-electron chi connectivity index (χ3n) is 5.37. The summed E-state index contributed by atoms with van der Waals surface area (Å²) in [6.45, 7) is 8.57. The fraction of sp³-hybridized carbons (Fsp3) is 0.941. The molecule has 2 N–H and O–H groups in total. The van der Waals surface area contributed by atoms with Gasteiger partial charge in [-0.15, -0.1) is 0 Å². The Hall–Kier alpha value is -0.810. The largest absolute Gasteiger partial charge is 0.373 e. The Morgan fingerprint density at radius 3 is 2.86 bits per heavy atom. The average molecular weight is 308 g/mol. The van der Waals surface area contributed by atoms with Crippen molar-refractivity contribution in [3.05, 3.63) is 0 Å². The summed E-state index contributed by atoms with van der Waals surface area (Å²) < 4.78 is 5.92. The maximum Gasteiger partial charge on any atom is 0.191 e. The number of nitrogens with one attached hydrogen (secondary N) is 2. The van der Waals surface area contributed by atoms with Gasteiger partial charge in [-0.1, -0.05) is 6.42 Å². The van der Waals surface area contributed by atoms with Crippen molar-refractivity contribution >= 4 is 5.96 Å². The van der Waals surface area contributed by atoms with Gasteiger partial charge in [-0.2, -0.15) is 0 Å². The van der Waals surface area contributed by atoms with E-state index in [1.165, 1.54) is 38.6 Å². The molecule has 3 saturated heterocycles. The number of nitrogens with zero attached hydrogens (tertiary/aromatic N) is 2. The highest BCUT2D eigenvalue weighted by atomic mass is 16.5. The SMILES string of the molecule is CCNC(=NCCN1CCCCC1C)NC1CC2CCC1O2. The fourth-order valence-corrected chi connectivity index (χ4v) is 4.07. The zero-order valence-electron chi connectivity index (χ0n) is 14.2. The van der Waals surface area contributed by atoms with E-state index in [4.69, 9.17) is 9.73 Å². The van der Waals surface area contributed by atoms with Crippen LogP contribution in [0.5, 0.6) is 0 Å². The Morgan fingerprint density at radius 1 is 1.27 bits per heavy atom. The van der Waals surface area contributed by atoms with Gasteiger partial charge in [0.25, 0.3) is 0 Å². The van der Waals surface area contributed by atoms with Gasteiger partial charge in [0.15, 0.2) is 5.96 Å². The van der Waals surface area contributed by atoms with E-state index in [2.05, 4.69) is 29.4 Å². The number of hydrogen-bond acceptors (Lipinski definition) is 3. The van der Waals surface area contributed by atoms with Crippen LogP contribution in [-0.4, -0.2) is 61.3 Å². The number of aliphatic imine (C=N–C) groups is 1. The first-order chi connectivity index (χ1) is 10.8. The van der Waals surface area contributed by atoms with Gasteiger partial charge in [0.1, 0.15) is 0 Å². The van der Waals surface area contributed by atoms with Crippen LogP contribution >= 0.6 is 0 Å². The number of likely N-dealkylation sites (tertiary alicyclic amines) is 1. The average Bonchev–Trinajstić information content (AvgIpc) is 3.12. The smallest absolute Gasteiger partial charge is 0.191 e. The normalized spacial score (nSPS) is 35.8. The van der Waals surface area contributed by atoms with Crippen molar-refractivity contribution in [2.24, 2.45) is 4.99 Å². The quantitative estimate of drug-likeness (QED) is 0.600. The third kappa shape index (κ3) is 3.93. The van der Waals surface area contributed by atoms with E-state index in [0.717, 1.165) is 38.1 Å². The summed E-state index contributed by atoms with van der Waals surface area (Å²) in [5, 5.41) is 6.98. The summed E-state index contributed by atoms with van der Waals surface area (Å²) in [4.78, 5) is 7.37. The first-order valence-corrected chi connectivity index (χ1v) is 9.20. The molecule has 3 rings (SSSR count). The highest BCUT2D eigenvalue weighted by Crippen LogP contribution is 2.34. The summed E-state index contributed by atoms with van der Waals surface area (Å²) in [7, 11) is 0. The van der Waals surface area contributed by atoms with Crippen LogP contribution in [0.15, 0.2) is 4.99 Å². The lowest BCUT2D eigenvalue weighted by Gasteiger charge is -2.32. The lowest BCUT2D eigenvalue weighted by Crippen LogP contribution is -2.47. The van der Waals surface area contributed by atoms with Crippen LogP contribution in [0, 0.1) is 0 Å². The Morgan fingerprint density at radius 2 is 2.18 bits per heavy atom. The Labute approximate surface area is 134 Å². The van der Waals surface area contributed by atoms with Crippen molar-refractivity contribution in [1.82, 2.24) is 15.5 Å². The molecule has 0 aromatic heterocycles. The van der Waals surface area contributed by atoms with Gasteiger partial charge < -0.3 is 15.4 Å².